The maximum absolute atomic E-state index is 8.93. The second kappa shape index (κ2) is 2.24. The van der Waals surface area contributed by atoms with E-state index in [1.165, 1.54) is 12.8 Å². The molecular formula is C10H15N. The lowest BCUT2D eigenvalue weighted by Crippen LogP contribution is -2.23. The van der Waals surface area contributed by atoms with Gasteiger partial charge in [-0.25, -0.2) is 0 Å². The quantitative estimate of drug-likeness (QED) is 0.519. The minimum atomic E-state index is 0.378. The van der Waals surface area contributed by atoms with E-state index in [1.54, 1.807) is 0 Å². The average molecular weight is 149 g/mol. The summed E-state index contributed by atoms with van der Waals surface area (Å²) in [7, 11) is 0. The molecule has 1 nitrogen and oxygen atoms in total. The van der Waals surface area contributed by atoms with Crippen molar-refractivity contribution < 1.29 is 0 Å². The van der Waals surface area contributed by atoms with Gasteiger partial charge in [-0.15, -0.1) is 0 Å². The Morgan fingerprint density at radius 2 is 2.00 bits per heavy atom. The second-order valence-corrected chi connectivity index (χ2v) is 4.39. The molecule has 1 heteroatoms. The fourth-order valence-electron chi connectivity index (χ4n) is 3.16. The van der Waals surface area contributed by atoms with E-state index in [4.69, 9.17) is 5.26 Å². The molecule has 5 atom stereocenters. The Bertz CT molecular complexity index is 203. The molecule has 2 saturated carbocycles. The molecule has 0 amide bonds. The van der Waals surface area contributed by atoms with Crippen LogP contribution in [0.4, 0.5) is 0 Å². The zero-order valence-electron chi connectivity index (χ0n) is 7.25. The normalized spacial score (nSPS) is 54.5. The lowest BCUT2D eigenvalue weighted by Gasteiger charge is -2.27. The molecule has 2 aliphatic carbocycles. The largest absolute Gasteiger partial charge is 0.198 e. The number of hydrogen-bond donors (Lipinski definition) is 0. The van der Waals surface area contributed by atoms with Gasteiger partial charge in [0, 0.05) is 0 Å². The number of hydrogen-bond acceptors (Lipinski definition) is 1. The Morgan fingerprint density at radius 1 is 1.27 bits per heavy atom. The summed E-state index contributed by atoms with van der Waals surface area (Å²) in [5.41, 5.74) is 0. The van der Waals surface area contributed by atoms with E-state index in [9.17, 15) is 0 Å². The first-order chi connectivity index (χ1) is 5.24. The van der Waals surface area contributed by atoms with E-state index >= 15 is 0 Å². The average Bonchev–Trinajstić information content (AvgIpc) is 2.45. The molecule has 2 rings (SSSR count). The van der Waals surface area contributed by atoms with Gasteiger partial charge >= 0.3 is 0 Å². The molecule has 0 radical (unpaired) electrons. The molecule has 0 spiro atoms. The minimum absolute atomic E-state index is 0.378. The molecule has 0 unspecified atom stereocenters. The van der Waals surface area contributed by atoms with Crippen LogP contribution in [0.5, 0.6) is 0 Å². The van der Waals surface area contributed by atoms with Gasteiger partial charge in [-0.1, -0.05) is 13.8 Å². The van der Waals surface area contributed by atoms with Crippen LogP contribution in [-0.4, -0.2) is 0 Å². The highest BCUT2D eigenvalue weighted by Crippen LogP contribution is 2.54. The van der Waals surface area contributed by atoms with Crippen molar-refractivity contribution in [2.24, 2.45) is 29.6 Å². The van der Waals surface area contributed by atoms with Crippen molar-refractivity contribution in [3.05, 3.63) is 0 Å². The fraction of sp³-hybridized carbons (Fsp3) is 0.900. The summed E-state index contributed by atoms with van der Waals surface area (Å²) in [5.74, 6) is 3.49. The van der Waals surface area contributed by atoms with E-state index in [0.29, 0.717) is 11.8 Å². The molecule has 0 aromatic heterocycles. The van der Waals surface area contributed by atoms with Crippen molar-refractivity contribution in [3.8, 4) is 6.07 Å². The molecule has 2 bridgehead atoms. The molecule has 0 aromatic rings. The third-order valence-electron chi connectivity index (χ3n) is 3.90. The van der Waals surface area contributed by atoms with Crippen molar-refractivity contribution in [2.75, 3.05) is 0 Å². The van der Waals surface area contributed by atoms with Crippen LogP contribution < -0.4 is 0 Å². The van der Waals surface area contributed by atoms with Crippen LogP contribution in [0.2, 0.25) is 0 Å². The van der Waals surface area contributed by atoms with Crippen LogP contribution in [0.15, 0.2) is 0 Å². The molecule has 0 aromatic carbocycles. The van der Waals surface area contributed by atoms with E-state index in [1.807, 2.05) is 0 Å². The molecule has 0 saturated heterocycles. The highest BCUT2D eigenvalue weighted by molar-refractivity contribution is 5.05. The summed E-state index contributed by atoms with van der Waals surface area (Å²) < 4.78 is 0. The van der Waals surface area contributed by atoms with Crippen molar-refractivity contribution in [3.63, 3.8) is 0 Å². The van der Waals surface area contributed by atoms with Gasteiger partial charge in [-0.3, -0.25) is 0 Å². The Kier molecular flexibility index (Phi) is 1.45. The molecular weight excluding hydrogens is 134 g/mol. The van der Waals surface area contributed by atoms with Gasteiger partial charge in [0.15, 0.2) is 0 Å². The number of fused-ring (bicyclic) bond motifs is 2. The maximum atomic E-state index is 8.93. The lowest BCUT2D eigenvalue weighted by molar-refractivity contribution is 0.231. The summed E-state index contributed by atoms with van der Waals surface area (Å²) in [5, 5.41) is 8.93. The zero-order chi connectivity index (χ0) is 8.01. The number of rotatable bonds is 0. The van der Waals surface area contributed by atoms with Crippen LogP contribution in [0.1, 0.15) is 26.7 Å². The van der Waals surface area contributed by atoms with Crippen LogP contribution in [0.25, 0.3) is 0 Å². The summed E-state index contributed by atoms with van der Waals surface area (Å²) in [6.45, 7) is 4.56. The van der Waals surface area contributed by atoms with Crippen LogP contribution in [0, 0.1) is 40.9 Å². The minimum Gasteiger partial charge on any atom is -0.198 e. The van der Waals surface area contributed by atoms with Crippen LogP contribution in [-0.2, 0) is 0 Å². The summed E-state index contributed by atoms with van der Waals surface area (Å²) in [4.78, 5) is 0. The Labute approximate surface area is 68.4 Å². The van der Waals surface area contributed by atoms with Gasteiger partial charge in [0.2, 0.25) is 0 Å². The first-order valence-corrected chi connectivity index (χ1v) is 4.63. The third kappa shape index (κ3) is 0.819. The molecule has 60 valence electrons. The standard InChI is InChI=1S/C10H15N/c1-6-3-8-4-9(6)10(5-11)7(8)2/h6-10H,3-4H2,1-2H3/t6-,7-,8+,9-,10+/m1/s1. The molecule has 2 aliphatic rings. The first-order valence-electron chi connectivity index (χ1n) is 4.63. The molecule has 0 heterocycles. The van der Waals surface area contributed by atoms with E-state index in [-0.39, 0.29) is 0 Å². The predicted molar refractivity (Wildman–Crippen MR) is 43.6 cm³/mol. The first kappa shape index (κ1) is 7.16. The van der Waals surface area contributed by atoms with E-state index in [2.05, 4.69) is 19.9 Å². The van der Waals surface area contributed by atoms with Gasteiger partial charge < -0.3 is 0 Å². The zero-order valence-corrected chi connectivity index (χ0v) is 7.25. The van der Waals surface area contributed by atoms with E-state index < -0.39 is 0 Å². The van der Waals surface area contributed by atoms with Gasteiger partial charge in [-0.2, -0.15) is 5.26 Å². The van der Waals surface area contributed by atoms with Gasteiger partial charge in [0.1, 0.15) is 0 Å². The molecule has 0 aliphatic heterocycles. The SMILES string of the molecule is C[C@@H]1[C@@H]2C[C@@H]([C@H]1C#N)[C@H](C)C2. The van der Waals surface area contributed by atoms with Gasteiger partial charge in [-0.05, 0) is 36.5 Å². The highest BCUT2D eigenvalue weighted by Gasteiger charge is 2.48. The molecule has 11 heavy (non-hydrogen) atoms. The Balaban J connectivity index is 2.21. The van der Waals surface area contributed by atoms with Gasteiger partial charge in [0.25, 0.3) is 0 Å². The van der Waals surface area contributed by atoms with Crippen molar-refractivity contribution >= 4 is 0 Å². The molecule has 0 N–H and O–H groups in total. The Morgan fingerprint density at radius 3 is 2.45 bits per heavy atom. The van der Waals surface area contributed by atoms with Crippen molar-refractivity contribution in [1.82, 2.24) is 0 Å². The monoisotopic (exact) mass is 149 g/mol. The summed E-state index contributed by atoms with van der Waals surface area (Å²) in [6.07, 6.45) is 2.71. The fourth-order valence-corrected chi connectivity index (χ4v) is 3.16. The molecule has 2 fully saturated rings. The third-order valence-corrected chi connectivity index (χ3v) is 3.90. The maximum Gasteiger partial charge on any atom is 0.0661 e. The lowest BCUT2D eigenvalue weighted by atomic mass is 9.76. The van der Waals surface area contributed by atoms with E-state index in [0.717, 1.165) is 17.8 Å². The predicted octanol–water partition coefficient (Wildman–Crippen LogP) is 2.44. The topological polar surface area (TPSA) is 23.8 Å². The van der Waals surface area contributed by atoms with Crippen molar-refractivity contribution in [1.29, 1.82) is 5.26 Å². The second-order valence-electron chi connectivity index (χ2n) is 4.39. The van der Waals surface area contributed by atoms with Crippen molar-refractivity contribution in [2.45, 2.75) is 26.7 Å². The number of nitriles is 1. The number of nitrogens with zero attached hydrogens (tertiary/aromatic N) is 1. The highest BCUT2D eigenvalue weighted by atomic mass is 14.5. The van der Waals surface area contributed by atoms with Gasteiger partial charge in [0.05, 0.1) is 12.0 Å². The Hall–Kier alpha value is -0.510. The summed E-state index contributed by atoms with van der Waals surface area (Å²) in [6, 6.07) is 2.48. The van der Waals surface area contributed by atoms with Crippen LogP contribution in [0.3, 0.4) is 0 Å². The van der Waals surface area contributed by atoms with Crippen LogP contribution >= 0.6 is 0 Å². The smallest absolute Gasteiger partial charge is 0.0661 e. The summed E-state index contributed by atoms with van der Waals surface area (Å²) >= 11 is 0.